The maximum Gasteiger partial charge on any atom is 0.193 e. The first kappa shape index (κ1) is 10.9. The van der Waals surface area contributed by atoms with Gasteiger partial charge in [0.1, 0.15) is 0 Å². The molecule has 2 nitrogen and oxygen atoms in total. The summed E-state index contributed by atoms with van der Waals surface area (Å²) in [4.78, 5) is 3.70. The molecule has 84 valence electrons. The molecule has 0 atom stereocenters. The standard InChI is InChI=1S/C11H9BrO2S2/c12-10-4-3-8(16-10)7-1-2-9(15-7)11-13-5-6-14-11/h1-4,11H,5-6H2. The minimum Gasteiger partial charge on any atom is -0.345 e. The molecule has 1 fully saturated rings. The number of rotatable bonds is 2. The molecule has 16 heavy (non-hydrogen) atoms. The summed E-state index contributed by atoms with van der Waals surface area (Å²) >= 11 is 6.95. The van der Waals surface area contributed by atoms with Crippen molar-refractivity contribution < 1.29 is 9.47 Å². The Bertz CT molecular complexity index is 486. The minimum absolute atomic E-state index is 0.151. The van der Waals surface area contributed by atoms with Crippen molar-refractivity contribution in [1.29, 1.82) is 0 Å². The van der Waals surface area contributed by atoms with Gasteiger partial charge in [-0.05, 0) is 40.2 Å². The Balaban J connectivity index is 1.87. The first-order valence-corrected chi connectivity index (χ1v) is 7.34. The third kappa shape index (κ3) is 2.10. The highest BCUT2D eigenvalue weighted by Gasteiger charge is 2.20. The predicted octanol–water partition coefficient (Wildman–Crippen LogP) is 4.28. The average Bonchev–Trinajstić information content (AvgIpc) is 2.97. The molecule has 0 aliphatic carbocycles. The van der Waals surface area contributed by atoms with Crippen molar-refractivity contribution in [3.05, 3.63) is 32.9 Å². The maximum absolute atomic E-state index is 5.48. The van der Waals surface area contributed by atoms with Gasteiger partial charge in [-0.25, -0.2) is 0 Å². The largest absolute Gasteiger partial charge is 0.345 e. The highest BCUT2D eigenvalue weighted by atomic mass is 79.9. The Labute approximate surface area is 110 Å². The Hall–Kier alpha value is -0.200. The van der Waals surface area contributed by atoms with Gasteiger partial charge in [0.25, 0.3) is 0 Å². The van der Waals surface area contributed by atoms with Gasteiger partial charge in [-0.15, -0.1) is 22.7 Å². The maximum atomic E-state index is 5.48. The lowest BCUT2D eigenvalue weighted by Crippen LogP contribution is -1.93. The van der Waals surface area contributed by atoms with Gasteiger partial charge in [-0.1, -0.05) is 0 Å². The zero-order valence-corrected chi connectivity index (χ0v) is 11.5. The third-order valence-corrected chi connectivity index (χ3v) is 5.22. The van der Waals surface area contributed by atoms with Gasteiger partial charge in [0.05, 0.1) is 21.9 Å². The fourth-order valence-corrected chi connectivity index (χ4v) is 4.06. The summed E-state index contributed by atoms with van der Waals surface area (Å²) in [6.07, 6.45) is -0.151. The first-order chi connectivity index (χ1) is 7.83. The Kier molecular flexibility index (Phi) is 3.13. The molecule has 3 rings (SSSR count). The highest BCUT2D eigenvalue weighted by Crippen LogP contribution is 2.38. The van der Waals surface area contributed by atoms with Crippen LogP contribution >= 0.6 is 38.6 Å². The van der Waals surface area contributed by atoms with E-state index in [1.807, 2.05) is 0 Å². The summed E-state index contributed by atoms with van der Waals surface area (Å²) in [5, 5.41) is 0. The quantitative estimate of drug-likeness (QED) is 0.823. The van der Waals surface area contributed by atoms with E-state index in [0.29, 0.717) is 13.2 Å². The van der Waals surface area contributed by atoms with Crippen LogP contribution in [-0.4, -0.2) is 13.2 Å². The minimum atomic E-state index is -0.151. The van der Waals surface area contributed by atoms with Crippen LogP contribution in [0.3, 0.4) is 0 Å². The van der Waals surface area contributed by atoms with Crippen molar-refractivity contribution in [2.45, 2.75) is 6.29 Å². The third-order valence-electron chi connectivity index (χ3n) is 2.30. The normalized spacial score (nSPS) is 17.1. The van der Waals surface area contributed by atoms with Crippen LogP contribution in [0.4, 0.5) is 0 Å². The summed E-state index contributed by atoms with van der Waals surface area (Å²) in [5.41, 5.74) is 0. The van der Waals surface area contributed by atoms with Crippen LogP contribution in [0.2, 0.25) is 0 Å². The van der Waals surface area contributed by atoms with E-state index in [-0.39, 0.29) is 6.29 Å². The number of ether oxygens (including phenoxy) is 2. The molecule has 1 aliphatic heterocycles. The zero-order chi connectivity index (χ0) is 11.0. The molecular weight excluding hydrogens is 308 g/mol. The monoisotopic (exact) mass is 316 g/mol. The lowest BCUT2D eigenvalue weighted by atomic mass is 10.3. The Morgan fingerprint density at radius 1 is 1.00 bits per heavy atom. The molecule has 3 heterocycles. The Morgan fingerprint density at radius 2 is 1.69 bits per heavy atom. The van der Waals surface area contributed by atoms with E-state index in [0.717, 1.165) is 8.66 Å². The van der Waals surface area contributed by atoms with Crippen molar-refractivity contribution in [2.75, 3.05) is 13.2 Å². The smallest absolute Gasteiger partial charge is 0.193 e. The predicted molar refractivity (Wildman–Crippen MR) is 70.0 cm³/mol. The number of halogens is 1. The van der Waals surface area contributed by atoms with Crippen LogP contribution in [0.15, 0.2) is 28.1 Å². The van der Waals surface area contributed by atoms with E-state index in [2.05, 4.69) is 40.2 Å². The van der Waals surface area contributed by atoms with Crippen molar-refractivity contribution >= 4 is 38.6 Å². The molecule has 2 aromatic rings. The highest BCUT2D eigenvalue weighted by molar-refractivity contribution is 9.11. The van der Waals surface area contributed by atoms with Gasteiger partial charge in [0.2, 0.25) is 0 Å². The van der Waals surface area contributed by atoms with Crippen LogP contribution in [0.25, 0.3) is 9.75 Å². The van der Waals surface area contributed by atoms with E-state index >= 15 is 0 Å². The summed E-state index contributed by atoms with van der Waals surface area (Å²) in [6.45, 7) is 1.39. The van der Waals surface area contributed by atoms with Crippen molar-refractivity contribution in [2.24, 2.45) is 0 Å². The van der Waals surface area contributed by atoms with Gasteiger partial charge in [0.15, 0.2) is 6.29 Å². The topological polar surface area (TPSA) is 18.5 Å². The molecule has 5 heteroatoms. The number of hydrogen-bond donors (Lipinski definition) is 0. The zero-order valence-electron chi connectivity index (χ0n) is 8.31. The van der Waals surface area contributed by atoms with Crippen LogP contribution in [0.5, 0.6) is 0 Å². The summed E-state index contributed by atoms with van der Waals surface area (Å²) in [5.74, 6) is 0. The summed E-state index contributed by atoms with van der Waals surface area (Å²) in [6, 6.07) is 8.41. The molecule has 0 N–H and O–H groups in total. The van der Waals surface area contributed by atoms with Crippen LogP contribution in [-0.2, 0) is 9.47 Å². The lowest BCUT2D eigenvalue weighted by molar-refractivity contribution is -0.0413. The number of hydrogen-bond acceptors (Lipinski definition) is 4. The Morgan fingerprint density at radius 3 is 2.38 bits per heavy atom. The SMILES string of the molecule is Brc1ccc(-c2ccc(C3OCCO3)s2)s1. The molecular formula is C11H9BrO2S2. The van der Waals surface area contributed by atoms with Gasteiger partial charge >= 0.3 is 0 Å². The molecule has 0 radical (unpaired) electrons. The van der Waals surface area contributed by atoms with Gasteiger partial charge in [-0.2, -0.15) is 0 Å². The van der Waals surface area contributed by atoms with Crippen molar-refractivity contribution in [3.63, 3.8) is 0 Å². The summed E-state index contributed by atoms with van der Waals surface area (Å²) in [7, 11) is 0. The average molecular weight is 317 g/mol. The second-order valence-electron chi connectivity index (χ2n) is 3.38. The molecule has 0 bridgehead atoms. The first-order valence-electron chi connectivity index (χ1n) is 4.91. The van der Waals surface area contributed by atoms with Crippen LogP contribution in [0.1, 0.15) is 11.2 Å². The molecule has 0 spiro atoms. The molecule has 1 saturated heterocycles. The van der Waals surface area contributed by atoms with E-state index < -0.39 is 0 Å². The van der Waals surface area contributed by atoms with E-state index in [4.69, 9.17) is 9.47 Å². The molecule has 0 saturated carbocycles. The summed E-state index contributed by atoms with van der Waals surface area (Å²) < 4.78 is 12.1. The fourth-order valence-electron chi connectivity index (χ4n) is 1.58. The van der Waals surface area contributed by atoms with E-state index in [1.165, 1.54) is 9.75 Å². The molecule has 2 aromatic heterocycles. The number of thiophene rings is 2. The van der Waals surface area contributed by atoms with Crippen molar-refractivity contribution in [1.82, 2.24) is 0 Å². The van der Waals surface area contributed by atoms with Crippen LogP contribution < -0.4 is 0 Å². The molecule has 0 amide bonds. The van der Waals surface area contributed by atoms with Gasteiger partial charge < -0.3 is 9.47 Å². The second-order valence-corrected chi connectivity index (χ2v) is 6.96. The molecule has 0 unspecified atom stereocenters. The second kappa shape index (κ2) is 4.58. The van der Waals surface area contributed by atoms with Crippen LogP contribution in [0, 0.1) is 0 Å². The van der Waals surface area contributed by atoms with Crippen molar-refractivity contribution in [3.8, 4) is 9.75 Å². The van der Waals surface area contributed by atoms with Gasteiger partial charge in [0, 0.05) is 9.75 Å². The molecule has 0 aromatic carbocycles. The van der Waals surface area contributed by atoms with E-state index in [9.17, 15) is 0 Å². The van der Waals surface area contributed by atoms with Gasteiger partial charge in [-0.3, -0.25) is 0 Å². The lowest BCUT2D eigenvalue weighted by Gasteiger charge is -2.04. The fraction of sp³-hybridized carbons (Fsp3) is 0.273. The molecule has 1 aliphatic rings. The van der Waals surface area contributed by atoms with E-state index in [1.54, 1.807) is 22.7 Å².